The number of aromatic nitrogens is 4. The Balaban J connectivity index is 1.91. The summed E-state index contributed by atoms with van der Waals surface area (Å²) in [5.74, 6) is 0.729. The number of hydrogen-bond acceptors (Lipinski definition) is 6. The lowest BCUT2D eigenvalue weighted by molar-refractivity contribution is -0.145. The number of carbonyl (C=O) groups excluding carboxylic acids is 1. The maximum Gasteiger partial charge on any atom is 0.347 e. The monoisotopic (exact) mass is 318 g/mol. The maximum atomic E-state index is 12.6. The van der Waals surface area contributed by atoms with Crippen molar-refractivity contribution >= 4 is 5.97 Å². The third-order valence-corrected chi connectivity index (χ3v) is 3.94. The van der Waals surface area contributed by atoms with Gasteiger partial charge in [0.15, 0.2) is 0 Å². The Hall–Kier alpha value is -2.64. The van der Waals surface area contributed by atoms with Gasteiger partial charge in [0, 0.05) is 18.7 Å². The molecule has 3 rings (SSSR count). The first-order valence-electron chi connectivity index (χ1n) is 7.39. The molecule has 1 atom stereocenters. The van der Waals surface area contributed by atoms with Gasteiger partial charge in [0.2, 0.25) is 5.88 Å². The Labute approximate surface area is 132 Å². The van der Waals surface area contributed by atoms with E-state index < -0.39 is 12.0 Å². The van der Waals surface area contributed by atoms with Crippen LogP contribution in [0.1, 0.15) is 30.3 Å². The Morgan fingerprint density at radius 1 is 1.39 bits per heavy atom. The molecule has 0 radical (unpaired) electrons. The minimum Gasteiger partial charge on any atom is -0.481 e. The van der Waals surface area contributed by atoms with Crippen molar-refractivity contribution in [3.8, 4) is 5.88 Å². The Morgan fingerprint density at radius 3 is 2.87 bits per heavy atom. The van der Waals surface area contributed by atoms with E-state index in [4.69, 9.17) is 9.47 Å². The van der Waals surface area contributed by atoms with Gasteiger partial charge < -0.3 is 9.47 Å². The molecule has 0 spiro atoms. The molecule has 1 aliphatic heterocycles. The number of nitrogens with zero attached hydrogens (tertiary/aromatic N) is 4. The van der Waals surface area contributed by atoms with Crippen LogP contribution in [0.15, 0.2) is 23.1 Å². The van der Waals surface area contributed by atoms with Gasteiger partial charge in [-0.15, -0.1) is 0 Å². The van der Waals surface area contributed by atoms with E-state index in [0.29, 0.717) is 31.1 Å². The molecule has 0 amide bonds. The summed E-state index contributed by atoms with van der Waals surface area (Å²) in [4.78, 5) is 28.6. The number of pyridine rings is 1. The summed E-state index contributed by atoms with van der Waals surface area (Å²) in [7, 11) is 2.87. The fourth-order valence-electron chi connectivity index (χ4n) is 2.79. The molecule has 2 aromatic rings. The van der Waals surface area contributed by atoms with Crippen LogP contribution >= 0.6 is 0 Å². The number of rotatable bonds is 4. The van der Waals surface area contributed by atoms with Gasteiger partial charge in [-0.05, 0) is 18.4 Å². The van der Waals surface area contributed by atoms with E-state index in [9.17, 15) is 9.59 Å². The Kier molecular flexibility index (Phi) is 4.14. The molecule has 0 aromatic carbocycles. The molecule has 0 saturated heterocycles. The summed E-state index contributed by atoms with van der Waals surface area (Å²) in [6.45, 7) is 0.295. The van der Waals surface area contributed by atoms with Crippen molar-refractivity contribution in [3.05, 3.63) is 40.2 Å². The van der Waals surface area contributed by atoms with E-state index in [1.165, 1.54) is 16.4 Å². The third kappa shape index (κ3) is 2.84. The van der Waals surface area contributed by atoms with Crippen molar-refractivity contribution in [2.45, 2.75) is 31.8 Å². The third-order valence-electron chi connectivity index (χ3n) is 3.94. The number of fused-ring (bicyclic) bond motifs is 1. The molecule has 0 fully saturated rings. The van der Waals surface area contributed by atoms with Crippen molar-refractivity contribution in [3.63, 3.8) is 0 Å². The summed E-state index contributed by atoms with van der Waals surface area (Å²) >= 11 is 0. The fourth-order valence-corrected chi connectivity index (χ4v) is 2.79. The molecule has 8 heteroatoms. The highest BCUT2D eigenvalue weighted by molar-refractivity contribution is 5.74. The van der Waals surface area contributed by atoms with E-state index in [1.807, 2.05) is 6.07 Å². The molecule has 0 aliphatic carbocycles. The number of aryl methyl sites for hydroxylation is 1. The van der Waals surface area contributed by atoms with Crippen LogP contribution in [0.4, 0.5) is 0 Å². The van der Waals surface area contributed by atoms with E-state index in [-0.39, 0.29) is 5.69 Å². The smallest absolute Gasteiger partial charge is 0.347 e. The average molecular weight is 318 g/mol. The standard InChI is InChI=1S/C15H18N4O4/c1-22-13-7-6-10(8-16-13)9-18-15(21)19-11(14(20)23-2)4-3-5-12(19)17-18/h6-8,11H,3-5,9H2,1-2H3/t11-/m1/s1. The van der Waals surface area contributed by atoms with E-state index >= 15 is 0 Å². The zero-order valence-electron chi connectivity index (χ0n) is 13.1. The second-order valence-corrected chi connectivity index (χ2v) is 5.37. The first-order valence-corrected chi connectivity index (χ1v) is 7.39. The number of ether oxygens (including phenoxy) is 2. The minimum absolute atomic E-state index is 0.295. The van der Waals surface area contributed by atoms with E-state index in [1.54, 1.807) is 19.4 Å². The van der Waals surface area contributed by atoms with E-state index in [0.717, 1.165) is 12.0 Å². The largest absolute Gasteiger partial charge is 0.481 e. The van der Waals surface area contributed by atoms with Crippen LogP contribution < -0.4 is 10.4 Å². The molecule has 0 unspecified atom stereocenters. The first-order chi connectivity index (χ1) is 11.1. The number of esters is 1. The lowest BCUT2D eigenvalue weighted by Crippen LogP contribution is -2.35. The van der Waals surface area contributed by atoms with Crippen LogP contribution in [0.25, 0.3) is 0 Å². The van der Waals surface area contributed by atoms with Gasteiger partial charge in [-0.3, -0.25) is 4.57 Å². The quantitative estimate of drug-likeness (QED) is 0.765. The number of carbonyl (C=O) groups is 1. The summed E-state index contributed by atoms with van der Waals surface area (Å²) in [5.41, 5.74) is 0.531. The predicted molar refractivity (Wildman–Crippen MR) is 80.4 cm³/mol. The van der Waals surface area contributed by atoms with Gasteiger partial charge in [-0.25, -0.2) is 19.3 Å². The number of hydrogen-bond donors (Lipinski definition) is 0. The highest BCUT2D eigenvalue weighted by Gasteiger charge is 2.31. The zero-order valence-corrected chi connectivity index (χ0v) is 13.1. The molecule has 23 heavy (non-hydrogen) atoms. The fraction of sp³-hybridized carbons (Fsp3) is 0.467. The van der Waals surface area contributed by atoms with Crippen LogP contribution in [0.3, 0.4) is 0 Å². The molecular formula is C15H18N4O4. The van der Waals surface area contributed by atoms with Crippen molar-refractivity contribution in [2.24, 2.45) is 0 Å². The Morgan fingerprint density at radius 2 is 2.22 bits per heavy atom. The van der Waals surface area contributed by atoms with Gasteiger partial charge in [0.1, 0.15) is 11.9 Å². The highest BCUT2D eigenvalue weighted by Crippen LogP contribution is 2.22. The van der Waals surface area contributed by atoms with Crippen LogP contribution in [-0.2, 0) is 22.5 Å². The van der Waals surface area contributed by atoms with E-state index in [2.05, 4.69) is 10.1 Å². The second kappa shape index (κ2) is 6.23. The average Bonchev–Trinajstić information content (AvgIpc) is 2.91. The molecule has 122 valence electrons. The number of methoxy groups -OCH3 is 2. The summed E-state index contributed by atoms with van der Waals surface area (Å²) < 4.78 is 12.6. The lowest BCUT2D eigenvalue weighted by Gasteiger charge is -2.20. The van der Waals surface area contributed by atoms with Gasteiger partial charge in [-0.2, -0.15) is 5.10 Å². The molecule has 0 saturated carbocycles. The second-order valence-electron chi connectivity index (χ2n) is 5.37. The van der Waals surface area contributed by atoms with Crippen LogP contribution in [0.5, 0.6) is 5.88 Å². The molecular weight excluding hydrogens is 300 g/mol. The van der Waals surface area contributed by atoms with Crippen molar-refractivity contribution in [1.82, 2.24) is 19.3 Å². The van der Waals surface area contributed by atoms with Crippen LogP contribution in [0.2, 0.25) is 0 Å². The van der Waals surface area contributed by atoms with Crippen LogP contribution in [-0.4, -0.2) is 39.5 Å². The molecule has 3 heterocycles. The lowest BCUT2D eigenvalue weighted by atomic mass is 10.1. The zero-order chi connectivity index (χ0) is 16.4. The first kappa shape index (κ1) is 15.3. The van der Waals surface area contributed by atoms with Crippen molar-refractivity contribution in [1.29, 1.82) is 0 Å². The highest BCUT2D eigenvalue weighted by atomic mass is 16.5. The maximum absolute atomic E-state index is 12.6. The van der Waals surface area contributed by atoms with Crippen molar-refractivity contribution < 1.29 is 14.3 Å². The molecule has 1 aliphatic rings. The minimum atomic E-state index is -0.584. The molecule has 0 bridgehead atoms. The van der Waals surface area contributed by atoms with Gasteiger partial charge in [0.25, 0.3) is 0 Å². The van der Waals surface area contributed by atoms with Crippen LogP contribution in [0, 0.1) is 0 Å². The summed E-state index contributed by atoms with van der Waals surface area (Å²) in [5, 5.41) is 4.36. The summed E-state index contributed by atoms with van der Waals surface area (Å²) in [6.07, 6.45) is 3.72. The SMILES string of the molecule is COC(=O)[C@H]1CCCc2nn(Cc3ccc(OC)nc3)c(=O)n21. The predicted octanol–water partition coefficient (Wildman–Crippen LogP) is 0.547. The van der Waals surface area contributed by atoms with Crippen molar-refractivity contribution in [2.75, 3.05) is 14.2 Å². The normalized spacial score (nSPS) is 16.7. The van der Waals surface area contributed by atoms with Gasteiger partial charge in [0.05, 0.1) is 20.8 Å². The van der Waals surface area contributed by atoms with Gasteiger partial charge >= 0.3 is 11.7 Å². The summed E-state index contributed by atoms with van der Waals surface area (Å²) in [6, 6.07) is 2.97. The Bertz CT molecular complexity index is 763. The molecule has 2 aromatic heterocycles. The van der Waals surface area contributed by atoms with Gasteiger partial charge in [-0.1, -0.05) is 6.07 Å². The molecule has 0 N–H and O–H groups in total. The molecule has 8 nitrogen and oxygen atoms in total. The topological polar surface area (TPSA) is 88.2 Å².